The lowest BCUT2D eigenvalue weighted by Gasteiger charge is -2.18. The predicted octanol–water partition coefficient (Wildman–Crippen LogP) is 2.56. The van der Waals surface area contributed by atoms with Gasteiger partial charge in [0.15, 0.2) is 0 Å². The molecule has 2 heterocycles. The minimum Gasteiger partial charge on any atom is -0.373 e. The molecule has 1 aliphatic carbocycles. The number of aromatic nitrogens is 1. The van der Waals surface area contributed by atoms with E-state index in [-0.39, 0.29) is 5.91 Å². The van der Waals surface area contributed by atoms with E-state index in [4.69, 9.17) is 0 Å². The normalized spacial score (nSPS) is 24.8. The van der Waals surface area contributed by atoms with Crippen LogP contribution in [0.25, 0.3) is 0 Å². The first-order chi connectivity index (χ1) is 9.71. The lowest BCUT2D eigenvalue weighted by atomic mass is 10.0. The van der Waals surface area contributed by atoms with Crippen molar-refractivity contribution in [1.82, 2.24) is 9.88 Å². The molecule has 20 heavy (non-hydrogen) atoms. The van der Waals surface area contributed by atoms with Crippen molar-refractivity contribution in [2.45, 2.75) is 32.6 Å². The lowest BCUT2D eigenvalue weighted by molar-refractivity contribution is 0.0780. The van der Waals surface area contributed by atoms with E-state index in [2.05, 4.69) is 17.2 Å². The first-order valence-electron chi connectivity index (χ1n) is 7.69. The van der Waals surface area contributed by atoms with E-state index in [1.54, 1.807) is 0 Å². The third-order valence-corrected chi connectivity index (χ3v) is 4.76. The van der Waals surface area contributed by atoms with E-state index in [0.29, 0.717) is 0 Å². The molecule has 2 atom stereocenters. The van der Waals surface area contributed by atoms with Gasteiger partial charge in [0.1, 0.15) is 5.82 Å². The van der Waals surface area contributed by atoms with Gasteiger partial charge in [-0.2, -0.15) is 0 Å². The number of nitrogens with one attached hydrogen (secondary N) is 1. The topological polar surface area (TPSA) is 45.2 Å². The van der Waals surface area contributed by atoms with E-state index in [1.165, 1.54) is 19.3 Å². The number of rotatable bonds is 3. The van der Waals surface area contributed by atoms with Crippen LogP contribution in [0, 0.1) is 11.8 Å². The summed E-state index contributed by atoms with van der Waals surface area (Å²) in [5.74, 6) is 2.45. The monoisotopic (exact) mass is 273 g/mol. The van der Waals surface area contributed by atoms with Crippen molar-refractivity contribution in [3.63, 3.8) is 0 Å². The number of carbonyl (C=O) groups excluding carboxylic acids is 1. The molecule has 2 aliphatic rings. The lowest BCUT2D eigenvalue weighted by Crippen LogP contribution is -2.29. The Morgan fingerprint density at radius 3 is 2.65 bits per heavy atom. The first kappa shape index (κ1) is 13.4. The summed E-state index contributed by atoms with van der Waals surface area (Å²) in [6.07, 6.45) is 4.79. The van der Waals surface area contributed by atoms with Gasteiger partial charge in [0.05, 0.1) is 0 Å². The van der Waals surface area contributed by atoms with Crippen LogP contribution in [0.4, 0.5) is 5.82 Å². The summed E-state index contributed by atoms with van der Waals surface area (Å²) in [6.45, 7) is 3.96. The number of pyridine rings is 1. The van der Waals surface area contributed by atoms with Gasteiger partial charge in [-0.3, -0.25) is 4.79 Å². The van der Waals surface area contributed by atoms with Crippen LogP contribution in [0.3, 0.4) is 0 Å². The number of fused-ring (bicyclic) bond motifs is 1. The Bertz CT molecular complexity index is 480. The summed E-state index contributed by atoms with van der Waals surface area (Å²) in [5, 5.41) is 3.05. The maximum absolute atomic E-state index is 12.7. The highest BCUT2D eigenvalue weighted by atomic mass is 16.2. The standard InChI is InChI=1S/C16H23N3O/c1-3-14-7-13(8-15(17-2)18-14)16(20)19-9-11-5-4-6-12(11)10-19/h7-8,11-12H,3-6,9-10H2,1-2H3,(H,17,18). The molecule has 0 radical (unpaired) electrons. The highest BCUT2D eigenvalue weighted by Crippen LogP contribution is 2.38. The van der Waals surface area contributed by atoms with E-state index in [1.807, 2.05) is 24.1 Å². The van der Waals surface area contributed by atoms with Gasteiger partial charge in [-0.25, -0.2) is 4.98 Å². The molecule has 1 aliphatic heterocycles. The molecule has 1 saturated heterocycles. The first-order valence-corrected chi connectivity index (χ1v) is 7.69. The largest absolute Gasteiger partial charge is 0.373 e. The van der Waals surface area contributed by atoms with Gasteiger partial charge in [-0.15, -0.1) is 0 Å². The zero-order valence-corrected chi connectivity index (χ0v) is 12.4. The summed E-state index contributed by atoms with van der Waals surface area (Å²) in [7, 11) is 1.84. The minimum absolute atomic E-state index is 0.174. The zero-order chi connectivity index (χ0) is 14.1. The molecule has 108 valence electrons. The fourth-order valence-corrected chi connectivity index (χ4v) is 3.60. The van der Waals surface area contributed by atoms with Crippen molar-refractivity contribution >= 4 is 11.7 Å². The van der Waals surface area contributed by atoms with Gasteiger partial charge in [0.2, 0.25) is 0 Å². The number of aryl methyl sites for hydroxylation is 1. The molecule has 1 N–H and O–H groups in total. The SMILES string of the molecule is CCc1cc(C(=O)N2CC3CCCC3C2)cc(NC)n1. The number of carbonyl (C=O) groups is 1. The van der Waals surface area contributed by atoms with Gasteiger partial charge in [0, 0.05) is 31.4 Å². The van der Waals surface area contributed by atoms with Crippen LogP contribution in [0.5, 0.6) is 0 Å². The average molecular weight is 273 g/mol. The summed E-state index contributed by atoms with van der Waals surface area (Å²) in [6, 6.07) is 3.81. The maximum atomic E-state index is 12.7. The van der Waals surface area contributed by atoms with Crippen LogP contribution < -0.4 is 5.32 Å². The predicted molar refractivity (Wildman–Crippen MR) is 79.9 cm³/mol. The minimum atomic E-state index is 0.174. The number of likely N-dealkylation sites (tertiary alicyclic amines) is 1. The molecule has 1 saturated carbocycles. The maximum Gasteiger partial charge on any atom is 0.254 e. The Balaban J connectivity index is 1.80. The van der Waals surface area contributed by atoms with Crippen LogP contribution in [0.2, 0.25) is 0 Å². The summed E-state index contributed by atoms with van der Waals surface area (Å²) in [5.41, 5.74) is 1.75. The summed E-state index contributed by atoms with van der Waals surface area (Å²) >= 11 is 0. The van der Waals surface area contributed by atoms with E-state index < -0.39 is 0 Å². The number of hydrogen-bond acceptors (Lipinski definition) is 3. The summed E-state index contributed by atoms with van der Waals surface area (Å²) in [4.78, 5) is 19.2. The quantitative estimate of drug-likeness (QED) is 0.920. The molecule has 0 spiro atoms. The molecule has 1 aromatic heterocycles. The molecule has 3 rings (SSSR count). The van der Waals surface area contributed by atoms with Crippen molar-refractivity contribution in [2.24, 2.45) is 11.8 Å². The highest BCUT2D eigenvalue weighted by Gasteiger charge is 2.38. The van der Waals surface area contributed by atoms with Crippen molar-refractivity contribution in [3.05, 3.63) is 23.4 Å². The second-order valence-electron chi connectivity index (χ2n) is 6.00. The fourth-order valence-electron chi connectivity index (χ4n) is 3.60. The Hall–Kier alpha value is -1.58. The van der Waals surface area contributed by atoms with Crippen LogP contribution in [-0.4, -0.2) is 35.9 Å². The van der Waals surface area contributed by atoms with Gasteiger partial charge in [0.25, 0.3) is 5.91 Å². The number of hydrogen-bond donors (Lipinski definition) is 1. The number of amides is 1. The van der Waals surface area contributed by atoms with Crippen LogP contribution in [0.15, 0.2) is 12.1 Å². The summed E-state index contributed by atoms with van der Waals surface area (Å²) < 4.78 is 0. The fraction of sp³-hybridized carbons (Fsp3) is 0.625. The average Bonchev–Trinajstić information content (AvgIpc) is 3.07. The van der Waals surface area contributed by atoms with Crippen molar-refractivity contribution in [2.75, 3.05) is 25.5 Å². The van der Waals surface area contributed by atoms with Crippen molar-refractivity contribution < 1.29 is 4.79 Å². The van der Waals surface area contributed by atoms with Crippen molar-refractivity contribution in [1.29, 1.82) is 0 Å². The molecule has 4 nitrogen and oxygen atoms in total. The van der Waals surface area contributed by atoms with E-state index in [9.17, 15) is 4.79 Å². The molecular formula is C16H23N3O. The van der Waals surface area contributed by atoms with Gasteiger partial charge in [-0.05, 0) is 43.2 Å². The third kappa shape index (κ3) is 2.39. The molecule has 0 bridgehead atoms. The molecule has 2 fully saturated rings. The Kier molecular flexibility index (Phi) is 3.64. The van der Waals surface area contributed by atoms with Crippen molar-refractivity contribution in [3.8, 4) is 0 Å². The highest BCUT2D eigenvalue weighted by molar-refractivity contribution is 5.95. The second kappa shape index (κ2) is 5.43. The van der Waals surface area contributed by atoms with Crippen LogP contribution in [-0.2, 0) is 6.42 Å². The van der Waals surface area contributed by atoms with Gasteiger partial charge < -0.3 is 10.2 Å². The zero-order valence-electron chi connectivity index (χ0n) is 12.4. The van der Waals surface area contributed by atoms with Gasteiger partial charge in [-0.1, -0.05) is 13.3 Å². The molecule has 4 heteroatoms. The third-order valence-electron chi connectivity index (χ3n) is 4.76. The Labute approximate surface area is 120 Å². The van der Waals surface area contributed by atoms with Gasteiger partial charge >= 0.3 is 0 Å². The Morgan fingerprint density at radius 1 is 1.35 bits per heavy atom. The van der Waals surface area contributed by atoms with E-state index >= 15 is 0 Å². The molecule has 1 amide bonds. The number of anilines is 1. The number of nitrogens with zero attached hydrogens (tertiary/aromatic N) is 2. The molecule has 1 aromatic rings. The smallest absolute Gasteiger partial charge is 0.254 e. The Morgan fingerprint density at radius 2 is 2.05 bits per heavy atom. The van der Waals surface area contributed by atoms with E-state index in [0.717, 1.165) is 48.4 Å². The molecular weight excluding hydrogens is 250 g/mol. The van der Waals surface area contributed by atoms with Crippen LogP contribution in [0.1, 0.15) is 42.2 Å². The van der Waals surface area contributed by atoms with Crippen LogP contribution >= 0.6 is 0 Å². The second-order valence-corrected chi connectivity index (χ2v) is 6.00. The molecule has 0 aromatic carbocycles. The molecule has 2 unspecified atom stereocenters.